The third-order valence-corrected chi connectivity index (χ3v) is 6.29. The Morgan fingerprint density at radius 1 is 1.00 bits per heavy atom. The number of ether oxygens (including phenoxy) is 1. The molecule has 0 bridgehead atoms. The van der Waals surface area contributed by atoms with Gasteiger partial charge in [-0.3, -0.25) is 4.98 Å². The van der Waals surface area contributed by atoms with Gasteiger partial charge >= 0.3 is 0 Å². The van der Waals surface area contributed by atoms with Crippen molar-refractivity contribution in [2.75, 3.05) is 7.11 Å². The molecule has 7 heteroatoms. The van der Waals surface area contributed by atoms with E-state index >= 15 is 0 Å². The Hall–Kier alpha value is -3.71. The topological polar surface area (TPSA) is 55.2 Å². The number of aromatic nitrogens is 3. The summed E-state index contributed by atoms with van der Waals surface area (Å²) in [5, 5.41) is 4.23. The number of nitrogens with zero attached hydrogens (tertiary/aromatic N) is 4. The first kappa shape index (κ1) is 21.2. The second-order valence-corrected chi connectivity index (χ2v) is 8.49. The maximum atomic E-state index is 5.83. The van der Waals surface area contributed by atoms with E-state index in [-0.39, 0.29) is 12.1 Å². The van der Waals surface area contributed by atoms with Crippen molar-refractivity contribution in [2.24, 2.45) is 0 Å². The minimum Gasteiger partial charge on any atom is -0.497 e. The minimum absolute atomic E-state index is 0.0624. The molecule has 1 aliphatic rings. The van der Waals surface area contributed by atoms with E-state index in [1.54, 1.807) is 7.11 Å². The molecular weight excluding hydrogens is 430 g/mol. The first-order valence-corrected chi connectivity index (χ1v) is 11.3. The van der Waals surface area contributed by atoms with Crippen LogP contribution in [0.3, 0.4) is 0 Å². The third-order valence-electron chi connectivity index (χ3n) is 5.94. The fourth-order valence-electron chi connectivity index (χ4n) is 4.27. The van der Waals surface area contributed by atoms with Gasteiger partial charge < -0.3 is 19.5 Å². The van der Waals surface area contributed by atoms with Crippen LogP contribution in [0.25, 0.3) is 5.82 Å². The van der Waals surface area contributed by atoms with Crippen LogP contribution < -0.4 is 10.1 Å². The van der Waals surface area contributed by atoms with Crippen molar-refractivity contribution in [1.82, 2.24) is 24.8 Å². The van der Waals surface area contributed by atoms with E-state index in [9.17, 15) is 0 Å². The number of hydrogen-bond donors (Lipinski definition) is 1. The van der Waals surface area contributed by atoms with Crippen molar-refractivity contribution in [2.45, 2.75) is 25.6 Å². The Balaban J connectivity index is 1.57. The average molecular weight is 456 g/mol. The van der Waals surface area contributed by atoms with Crippen molar-refractivity contribution in [3.05, 3.63) is 108 Å². The summed E-state index contributed by atoms with van der Waals surface area (Å²) in [7, 11) is 1.68. The van der Waals surface area contributed by atoms with Gasteiger partial charge in [-0.15, -0.1) is 0 Å². The van der Waals surface area contributed by atoms with E-state index in [0.29, 0.717) is 11.7 Å². The van der Waals surface area contributed by atoms with Gasteiger partial charge in [-0.2, -0.15) is 0 Å². The predicted octanol–water partition coefficient (Wildman–Crippen LogP) is 4.76. The van der Waals surface area contributed by atoms with E-state index in [4.69, 9.17) is 17.0 Å². The normalized spacial score (nSPS) is 17.8. The molecule has 0 saturated carbocycles. The molecule has 2 atom stereocenters. The van der Waals surface area contributed by atoms with E-state index in [0.717, 1.165) is 34.1 Å². The number of benzene rings is 1. The van der Waals surface area contributed by atoms with Gasteiger partial charge in [-0.1, -0.05) is 24.3 Å². The van der Waals surface area contributed by atoms with Gasteiger partial charge in [0.15, 0.2) is 5.11 Å². The lowest BCUT2D eigenvalue weighted by atomic mass is 10.0. The second-order valence-electron chi connectivity index (χ2n) is 8.10. The van der Waals surface area contributed by atoms with E-state index in [2.05, 4.69) is 61.3 Å². The number of hydrogen-bond acceptors (Lipinski definition) is 4. The zero-order chi connectivity index (χ0) is 22.8. The van der Waals surface area contributed by atoms with Crippen LogP contribution in [0.15, 0.2) is 85.3 Å². The van der Waals surface area contributed by atoms with Crippen molar-refractivity contribution in [3.8, 4) is 11.6 Å². The maximum absolute atomic E-state index is 5.83. The molecule has 1 saturated heterocycles. The fourth-order valence-corrected chi connectivity index (χ4v) is 4.58. The molecule has 0 radical (unpaired) electrons. The van der Waals surface area contributed by atoms with Crippen molar-refractivity contribution < 1.29 is 4.74 Å². The summed E-state index contributed by atoms with van der Waals surface area (Å²) in [5.41, 5.74) is 4.33. The number of thiocarbonyl (C=S) groups is 1. The molecule has 0 aliphatic carbocycles. The van der Waals surface area contributed by atoms with E-state index < -0.39 is 0 Å². The Kier molecular flexibility index (Phi) is 5.79. The summed E-state index contributed by atoms with van der Waals surface area (Å²) in [5.74, 6) is 1.71. The summed E-state index contributed by atoms with van der Waals surface area (Å²) in [4.78, 5) is 11.5. The van der Waals surface area contributed by atoms with Crippen LogP contribution in [0.5, 0.6) is 5.75 Å². The van der Waals surface area contributed by atoms with Crippen LogP contribution in [0.4, 0.5) is 0 Å². The zero-order valence-corrected chi connectivity index (χ0v) is 19.4. The molecule has 1 N–H and O–H groups in total. The lowest BCUT2D eigenvalue weighted by Crippen LogP contribution is -2.30. The molecule has 3 aromatic heterocycles. The summed E-state index contributed by atoms with van der Waals surface area (Å²) in [6.07, 6.45) is 5.77. The van der Waals surface area contributed by atoms with Crippen molar-refractivity contribution >= 4 is 17.3 Å². The van der Waals surface area contributed by atoms with Gasteiger partial charge in [0.05, 0.1) is 24.9 Å². The van der Waals surface area contributed by atoms with Crippen LogP contribution in [-0.4, -0.2) is 31.7 Å². The highest BCUT2D eigenvalue weighted by Crippen LogP contribution is 2.40. The molecular formula is C26H25N5OS. The number of aryl methyl sites for hydroxylation is 1. The van der Waals surface area contributed by atoms with Crippen LogP contribution in [0.2, 0.25) is 0 Å². The molecule has 1 aliphatic heterocycles. The van der Waals surface area contributed by atoms with E-state index in [1.807, 2.05) is 55.7 Å². The highest BCUT2D eigenvalue weighted by atomic mass is 32.1. The van der Waals surface area contributed by atoms with E-state index in [1.165, 1.54) is 0 Å². The van der Waals surface area contributed by atoms with Gasteiger partial charge in [0, 0.05) is 30.8 Å². The second kappa shape index (κ2) is 9.03. The highest BCUT2D eigenvalue weighted by Gasteiger charge is 2.41. The molecule has 6 nitrogen and oxygen atoms in total. The molecule has 4 heterocycles. The minimum atomic E-state index is -0.0870. The molecule has 0 spiro atoms. The van der Waals surface area contributed by atoms with Gasteiger partial charge in [0.2, 0.25) is 0 Å². The smallest absolute Gasteiger partial charge is 0.170 e. The van der Waals surface area contributed by atoms with Crippen molar-refractivity contribution in [3.63, 3.8) is 0 Å². The quantitative estimate of drug-likeness (QED) is 0.423. The Bertz CT molecular complexity index is 1240. The van der Waals surface area contributed by atoms with Crippen LogP contribution in [0, 0.1) is 6.92 Å². The fraction of sp³-hybridized carbons (Fsp3) is 0.192. The van der Waals surface area contributed by atoms with Crippen LogP contribution in [-0.2, 0) is 6.54 Å². The maximum Gasteiger partial charge on any atom is 0.170 e. The molecule has 1 aromatic carbocycles. The molecule has 2 unspecified atom stereocenters. The Morgan fingerprint density at radius 3 is 2.55 bits per heavy atom. The Labute approximate surface area is 198 Å². The van der Waals surface area contributed by atoms with Gasteiger partial charge in [-0.05, 0) is 72.7 Å². The molecule has 0 amide bonds. The van der Waals surface area contributed by atoms with Crippen LogP contribution in [0.1, 0.15) is 34.6 Å². The Morgan fingerprint density at radius 2 is 1.85 bits per heavy atom. The molecule has 1 fully saturated rings. The predicted molar refractivity (Wildman–Crippen MR) is 132 cm³/mol. The summed E-state index contributed by atoms with van der Waals surface area (Å²) in [6, 6.07) is 22.3. The third kappa shape index (κ3) is 4.19. The van der Waals surface area contributed by atoms with Crippen molar-refractivity contribution in [1.29, 1.82) is 0 Å². The largest absolute Gasteiger partial charge is 0.497 e. The molecule has 166 valence electrons. The summed E-state index contributed by atoms with van der Waals surface area (Å²) in [6.45, 7) is 2.71. The van der Waals surface area contributed by atoms with Gasteiger partial charge in [0.1, 0.15) is 11.6 Å². The summed E-state index contributed by atoms with van der Waals surface area (Å²) >= 11 is 5.83. The SMILES string of the molecule is COc1ccc(CN2C(=S)NC(c3ccccn3)C2c2cccn2-c2ccc(C)cn2)cc1. The van der Waals surface area contributed by atoms with Gasteiger partial charge in [0.25, 0.3) is 0 Å². The number of methoxy groups -OCH3 is 1. The van der Waals surface area contributed by atoms with Crippen LogP contribution >= 0.6 is 12.2 Å². The first-order chi connectivity index (χ1) is 16.1. The standard InChI is InChI=1S/C26H25N5OS/c1-18-8-13-23(28-16-18)30-15-5-7-22(30)25-24(21-6-3-4-14-27-21)29-26(33)31(25)17-19-9-11-20(32-2)12-10-19/h3-16,24-25H,17H2,1-2H3,(H,29,33). The highest BCUT2D eigenvalue weighted by molar-refractivity contribution is 7.80. The van der Waals surface area contributed by atoms with Gasteiger partial charge in [-0.25, -0.2) is 4.98 Å². The first-order valence-electron chi connectivity index (χ1n) is 10.9. The lowest BCUT2D eigenvalue weighted by Gasteiger charge is -2.29. The summed E-state index contributed by atoms with van der Waals surface area (Å²) < 4.78 is 7.45. The zero-order valence-electron chi connectivity index (χ0n) is 18.6. The molecule has 33 heavy (non-hydrogen) atoms. The average Bonchev–Trinajstić information content (AvgIpc) is 3.45. The lowest BCUT2D eigenvalue weighted by molar-refractivity contribution is 0.302. The molecule has 5 rings (SSSR count). The number of nitrogens with one attached hydrogen (secondary N) is 1. The number of pyridine rings is 2. The number of rotatable bonds is 6. The molecule has 4 aromatic rings. The monoisotopic (exact) mass is 455 g/mol.